The largest absolute Gasteiger partial charge is 0.463 e. The molecule has 0 fully saturated rings. The maximum absolute atomic E-state index is 5.63. The van der Waals surface area contributed by atoms with Gasteiger partial charge >= 0.3 is 0 Å². The summed E-state index contributed by atoms with van der Waals surface area (Å²) in [7, 11) is 0. The molecule has 0 aromatic heterocycles. The molecule has 0 spiro atoms. The van der Waals surface area contributed by atoms with Crippen LogP contribution in [0.4, 0.5) is 5.69 Å². The molecule has 0 saturated carbocycles. The lowest BCUT2D eigenvalue weighted by Gasteiger charge is -2.19. The molecule has 1 aliphatic rings. The lowest BCUT2D eigenvalue weighted by molar-refractivity contribution is 0.222. The first kappa shape index (κ1) is 11.1. The Labute approximate surface area is 101 Å². The minimum Gasteiger partial charge on any atom is -0.463 e. The average molecular weight is 233 g/mol. The number of ether oxygens (including phenoxy) is 1. The molecule has 16 heavy (non-hydrogen) atoms. The van der Waals surface area contributed by atoms with Gasteiger partial charge in [-0.2, -0.15) is 0 Å². The number of thiocarbonyl (C=S) groups is 1. The Hall–Kier alpha value is -1.35. The molecule has 1 aromatic carbocycles. The summed E-state index contributed by atoms with van der Waals surface area (Å²) >= 11 is 5.15. The summed E-state index contributed by atoms with van der Waals surface area (Å²) in [6.45, 7) is 0. The van der Waals surface area contributed by atoms with Crippen LogP contribution in [-0.2, 0) is 4.74 Å². The molecular formula is C13H15NOS. The highest BCUT2D eigenvalue weighted by molar-refractivity contribution is 7.80. The van der Waals surface area contributed by atoms with Gasteiger partial charge in [0.15, 0.2) is 0 Å². The molecule has 2 nitrogen and oxygen atoms in total. The van der Waals surface area contributed by atoms with E-state index < -0.39 is 0 Å². The fraction of sp³-hybridized carbons (Fsp3) is 0.308. The molecule has 0 saturated heterocycles. The summed E-state index contributed by atoms with van der Waals surface area (Å²) < 4.78 is 5.63. The van der Waals surface area contributed by atoms with Crippen LogP contribution in [0.5, 0.6) is 0 Å². The highest BCUT2D eigenvalue weighted by atomic mass is 32.1. The molecule has 1 atom stereocenters. The van der Waals surface area contributed by atoms with Crippen LogP contribution in [0, 0.1) is 0 Å². The molecule has 1 N–H and O–H groups in total. The zero-order chi connectivity index (χ0) is 11.2. The summed E-state index contributed by atoms with van der Waals surface area (Å²) in [6, 6.07) is 9.83. The van der Waals surface area contributed by atoms with Crippen LogP contribution in [0.15, 0.2) is 42.5 Å². The summed E-state index contributed by atoms with van der Waals surface area (Å²) in [5, 5.41) is 3.51. The second-order valence-electron chi connectivity index (χ2n) is 3.79. The Morgan fingerprint density at radius 2 is 2.12 bits per heavy atom. The van der Waals surface area contributed by atoms with Crippen molar-refractivity contribution in [2.75, 3.05) is 5.32 Å². The Morgan fingerprint density at radius 3 is 2.81 bits per heavy atom. The maximum atomic E-state index is 5.63. The van der Waals surface area contributed by atoms with Crippen LogP contribution >= 0.6 is 12.2 Å². The van der Waals surface area contributed by atoms with Crippen molar-refractivity contribution in [2.24, 2.45) is 0 Å². The summed E-state index contributed by atoms with van der Waals surface area (Å²) in [6.07, 6.45) is 7.75. The highest BCUT2D eigenvalue weighted by Crippen LogP contribution is 2.14. The van der Waals surface area contributed by atoms with E-state index in [2.05, 4.69) is 17.5 Å². The van der Waals surface area contributed by atoms with E-state index in [1.807, 2.05) is 30.3 Å². The van der Waals surface area contributed by atoms with Gasteiger partial charge in [0.05, 0.1) is 0 Å². The van der Waals surface area contributed by atoms with Crippen LogP contribution in [0.2, 0.25) is 0 Å². The van der Waals surface area contributed by atoms with Crippen LogP contribution in [0.25, 0.3) is 0 Å². The summed E-state index contributed by atoms with van der Waals surface area (Å²) in [5.74, 6) is 0. The van der Waals surface area contributed by atoms with Crippen LogP contribution in [-0.4, -0.2) is 11.3 Å². The van der Waals surface area contributed by atoms with Crippen molar-refractivity contribution in [1.29, 1.82) is 0 Å². The molecule has 0 radical (unpaired) electrons. The molecule has 0 bridgehead atoms. The first-order valence-corrected chi connectivity index (χ1v) is 5.95. The van der Waals surface area contributed by atoms with Gasteiger partial charge in [0.2, 0.25) is 0 Å². The first-order valence-electron chi connectivity index (χ1n) is 5.54. The predicted octanol–water partition coefficient (Wildman–Crippen LogP) is 3.51. The second-order valence-corrected chi connectivity index (χ2v) is 4.16. The highest BCUT2D eigenvalue weighted by Gasteiger charge is 2.11. The number of allylic oxidation sites excluding steroid dienone is 1. The zero-order valence-electron chi connectivity index (χ0n) is 9.06. The topological polar surface area (TPSA) is 21.3 Å². The number of hydrogen-bond donors (Lipinski definition) is 1. The molecule has 3 heteroatoms. The Balaban J connectivity index is 1.84. The number of rotatable bonds is 2. The van der Waals surface area contributed by atoms with Crippen molar-refractivity contribution >= 4 is 23.1 Å². The minimum absolute atomic E-state index is 0.137. The van der Waals surface area contributed by atoms with Crippen molar-refractivity contribution in [3.8, 4) is 0 Å². The van der Waals surface area contributed by atoms with Gasteiger partial charge in [0, 0.05) is 5.69 Å². The molecule has 1 aromatic rings. The zero-order valence-corrected chi connectivity index (χ0v) is 9.87. The lowest BCUT2D eigenvalue weighted by Crippen LogP contribution is -2.21. The number of para-hydroxylation sites is 1. The molecule has 0 heterocycles. The molecule has 2 rings (SSSR count). The van der Waals surface area contributed by atoms with Crippen molar-refractivity contribution in [1.82, 2.24) is 0 Å². The minimum atomic E-state index is 0.137. The van der Waals surface area contributed by atoms with E-state index in [9.17, 15) is 0 Å². The molecule has 84 valence electrons. The molecule has 0 aliphatic heterocycles. The first-order chi connectivity index (χ1) is 7.84. The van der Waals surface area contributed by atoms with E-state index in [4.69, 9.17) is 17.0 Å². The van der Waals surface area contributed by atoms with E-state index in [0.717, 1.165) is 18.5 Å². The fourth-order valence-electron chi connectivity index (χ4n) is 1.69. The Bertz CT molecular complexity index is 375. The number of anilines is 1. The molecule has 1 aliphatic carbocycles. The maximum Gasteiger partial charge on any atom is 0.261 e. The van der Waals surface area contributed by atoms with E-state index in [0.29, 0.717) is 5.17 Å². The normalized spacial score (nSPS) is 19.1. The standard InChI is InChI=1S/C13H15NOS/c16-13(14-11-7-3-1-4-8-11)15-12-9-5-2-6-10-12/h1,3-5,7-9,12H,2,6,10H2,(H,14,16). The number of hydrogen-bond acceptors (Lipinski definition) is 2. The van der Waals surface area contributed by atoms with Crippen molar-refractivity contribution in [3.05, 3.63) is 42.5 Å². The second kappa shape index (κ2) is 5.66. The van der Waals surface area contributed by atoms with Gasteiger partial charge in [-0.3, -0.25) is 0 Å². The molecule has 0 amide bonds. The van der Waals surface area contributed by atoms with E-state index in [1.165, 1.54) is 6.42 Å². The van der Waals surface area contributed by atoms with E-state index in [-0.39, 0.29) is 6.10 Å². The van der Waals surface area contributed by atoms with Crippen molar-refractivity contribution in [2.45, 2.75) is 25.4 Å². The third-order valence-corrected chi connectivity index (χ3v) is 2.69. The monoisotopic (exact) mass is 233 g/mol. The van der Waals surface area contributed by atoms with Crippen molar-refractivity contribution in [3.63, 3.8) is 0 Å². The van der Waals surface area contributed by atoms with Crippen LogP contribution in [0.3, 0.4) is 0 Å². The summed E-state index contributed by atoms with van der Waals surface area (Å²) in [5.41, 5.74) is 0.965. The van der Waals surface area contributed by atoms with Crippen molar-refractivity contribution < 1.29 is 4.74 Å². The Kier molecular flexibility index (Phi) is 3.94. The van der Waals surface area contributed by atoms with Gasteiger partial charge in [-0.1, -0.05) is 24.3 Å². The van der Waals surface area contributed by atoms with Gasteiger partial charge in [-0.15, -0.1) is 0 Å². The Morgan fingerprint density at radius 1 is 1.31 bits per heavy atom. The summed E-state index contributed by atoms with van der Waals surface area (Å²) in [4.78, 5) is 0. The molecular weight excluding hydrogens is 218 g/mol. The predicted molar refractivity (Wildman–Crippen MR) is 70.5 cm³/mol. The van der Waals surface area contributed by atoms with E-state index >= 15 is 0 Å². The van der Waals surface area contributed by atoms with E-state index in [1.54, 1.807) is 0 Å². The number of nitrogens with one attached hydrogen (secondary N) is 1. The SMILES string of the molecule is S=C(Nc1ccccc1)OC1C=CCCC1. The quantitative estimate of drug-likeness (QED) is 0.624. The number of benzene rings is 1. The average Bonchev–Trinajstić information content (AvgIpc) is 2.31. The third-order valence-electron chi connectivity index (χ3n) is 2.49. The smallest absolute Gasteiger partial charge is 0.261 e. The van der Waals surface area contributed by atoms with Gasteiger partial charge in [0.25, 0.3) is 5.17 Å². The van der Waals surface area contributed by atoms with Crippen LogP contribution in [0.1, 0.15) is 19.3 Å². The fourth-order valence-corrected chi connectivity index (χ4v) is 1.93. The van der Waals surface area contributed by atoms with Crippen LogP contribution < -0.4 is 5.32 Å². The van der Waals surface area contributed by atoms with Gasteiger partial charge in [-0.05, 0) is 49.7 Å². The van der Waals surface area contributed by atoms with Gasteiger partial charge in [0.1, 0.15) is 6.10 Å². The molecule has 1 unspecified atom stereocenters. The lowest BCUT2D eigenvalue weighted by atomic mass is 10.1. The van der Waals surface area contributed by atoms with Gasteiger partial charge in [-0.25, -0.2) is 0 Å². The van der Waals surface area contributed by atoms with Gasteiger partial charge < -0.3 is 10.1 Å². The third kappa shape index (κ3) is 3.35.